The molecule has 3 saturated heterocycles. The molecule has 9 heteroatoms. The molecule has 0 spiro atoms. The van der Waals surface area contributed by atoms with Gasteiger partial charge in [0.05, 0.1) is 31.8 Å². The quantitative estimate of drug-likeness (QED) is 0.600. The maximum atomic E-state index is 12.4. The van der Waals surface area contributed by atoms with Crippen LogP contribution in [0, 0.1) is 0 Å². The van der Waals surface area contributed by atoms with Gasteiger partial charge in [0.2, 0.25) is 5.91 Å². The van der Waals surface area contributed by atoms with E-state index in [4.69, 9.17) is 14.2 Å². The smallest absolute Gasteiger partial charge is 0.315 e. The summed E-state index contributed by atoms with van der Waals surface area (Å²) in [5.41, 5.74) is 1.01. The third-order valence-electron chi connectivity index (χ3n) is 5.80. The molecule has 3 heterocycles. The molecule has 3 amide bonds. The van der Waals surface area contributed by atoms with E-state index in [2.05, 4.69) is 10.6 Å². The van der Waals surface area contributed by atoms with E-state index in [1.54, 1.807) is 4.90 Å². The lowest BCUT2D eigenvalue weighted by Gasteiger charge is -2.28. The van der Waals surface area contributed by atoms with Crippen molar-refractivity contribution < 1.29 is 28.9 Å². The normalized spacial score (nSPS) is 30.7. The van der Waals surface area contributed by atoms with Crippen LogP contribution in [0.25, 0.3) is 0 Å². The van der Waals surface area contributed by atoms with Gasteiger partial charge in [-0.25, -0.2) is 4.79 Å². The third kappa shape index (κ3) is 5.10. The lowest BCUT2D eigenvalue weighted by Crippen LogP contribution is -2.44. The molecule has 3 aliphatic heterocycles. The van der Waals surface area contributed by atoms with E-state index in [-0.39, 0.29) is 37.1 Å². The minimum Gasteiger partial charge on any atom is -0.388 e. The molecule has 9 nitrogen and oxygen atoms in total. The average molecular weight is 419 g/mol. The number of nitrogens with zero attached hydrogens (tertiary/aromatic N) is 1. The fraction of sp³-hybridized carbons (Fsp3) is 0.619. The summed E-state index contributed by atoms with van der Waals surface area (Å²) in [6, 6.07) is 9.30. The first-order chi connectivity index (χ1) is 14.6. The van der Waals surface area contributed by atoms with Crippen LogP contribution in [-0.4, -0.2) is 85.3 Å². The van der Waals surface area contributed by atoms with E-state index in [1.807, 2.05) is 30.3 Å². The third-order valence-corrected chi connectivity index (χ3v) is 5.80. The zero-order valence-electron chi connectivity index (χ0n) is 16.9. The second-order valence-electron chi connectivity index (χ2n) is 7.91. The molecule has 5 atom stereocenters. The number of aliphatic hydroxyl groups excluding tert-OH is 1. The van der Waals surface area contributed by atoms with Crippen LogP contribution in [-0.2, 0) is 25.5 Å². The zero-order valence-corrected chi connectivity index (χ0v) is 16.9. The molecule has 3 N–H and O–H groups in total. The number of morpholine rings is 1. The van der Waals surface area contributed by atoms with Crippen molar-refractivity contribution in [1.29, 1.82) is 0 Å². The first-order valence-corrected chi connectivity index (χ1v) is 10.5. The van der Waals surface area contributed by atoms with Crippen LogP contribution in [0.1, 0.15) is 18.4 Å². The second-order valence-corrected chi connectivity index (χ2v) is 7.91. The summed E-state index contributed by atoms with van der Waals surface area (Å²) < 4.78 is 17.1. The summed E-state index contributed by atoms with van der Waals surface area (Å²) in [6.45, 7) is 2.97. The van der Waals surface area contributed by atoms with Crippen LogP contribution < -0.4 is 10.6 Å². The molecule has 0 saturated carbocycles. The Kier molecular flexibility index (Phi) is 6.83. The summed E-state index contributed by atoms with van der Waals surface area (Å²) >= 11 is 0. The molecule has 0 bridgehead atoms. The Morgan fingerprint density at radius 1 is 1.10 bits per heavy atom. The highest BCUT2D eigenvalue weighted by Gasteiger charge is 2.50. The second kappa shape index (κ2) is 9.74. The number of carbonyl (C=O) groups is 2. The molecule has 0 aromatic heterocycles. The van der Waals surface area contributed by atoms with Crippen LogP contribution in [0.2, 0.25) is 0 Å². The molecule has 0 radical (unpaired) electrons. The van der Waals surface area contributed by atoms with Crippen molar-refractivity contribution in [3.63, 3.8) is 0 Å². The number of nitrogens with one attached hydrogen (secondary N) is 2. The molecule has 1 aromatic carbocycles. The van der Waals surface area contributed by atoms with Gasteiger partial charge in [-0.1, -0.05) is 30.3 Å². The van der Waals surface area contributed by atoms with Crippen LogP contribution >= 0.6 is 0 Å². The number of aliphatic hydroxyl groups is 1. The van der Waals surface area contributed by atoms with Crippen molar-refractivity contribution in [3.8, 4) is 0 Å². The number of hydrogen-bond donors (Lipinski definition) is 3. The molecule has 3 aliphatic rings. The standard InChI is InChI=1S/C21H29N3O6/c25-18(24-6-8-28-9-7-24)11-15-10-16-20(29-15)19(26)17(30-16)13-23-21(27)22-12-14-4-2-1-3-5-14/h1-5,15-17,19-20,26H,6-13H2,(H2,22,23,27). The molecule has 30 heavy (non-hydrogen) atoms. The maximum Gasteiger partial charge on any atom is 0.315 e. The Morgan fingerprint density at radius 2 is 1.87 bits per heavy atom. The molecule has 0 aliphatic carbocycles. The van der Waals surface area contributed by atoms with Crippen molar-refractivity contribution in [2.45, 2.75) is 49.9 Å². The molecular weight excluding hydrogens is 390 g/mol. The molecule has 5 unspecified atom stereocenters. The number of carbonyl (C=O) groups excluding carboxylic acids is 2. The van der Waals surface area contributed by atoms with Crippen molar-refractivity contribution in [2.75, 3.05) is 32.8 Å². The van der Waals surface area contributed by atoms with Gasteiger partial charge < -0.3 is 34.9 Å². The van der Waals surface area contributed by atoms with Gasteiger partial charge in [0.25, 0.3) is 0 Å². The van der Waals surface area contributed by atoms with Gasteiger partial charge in [-0.2, -0.15) is 0 Å². The maximum absolute atomic E-state index is 12.4. The number of urea groups is 1. The first kappa shape index (κ1) is 21.0. The van der Waals surface area contributed by atoms with Crippen LogP contribution in [0.15, 0.2) is 30.3 Å². The summed E-state index contributed by atoms with van der Waals surface area (Å²) in [7, 11) is 0. The Balaban J connectivity index is 1.17. The number of rotatable bonds is 6. The van der Waals surface area contributed by atoms with Crippen molar-refractivity contribution in [3.05, 3.63) is 35.9 Å². The Hall–Kier alpha value is -2.20. The molecule has 3 fully saturated rings. The molecule has 4 rings (SSSR count). The number of fused-ring (bicyclic) bond motifs is 1. The predicted octanol–water partition coefficient (Wildman–Crippen LogP) is 0.0205. The Bertz CT molecular complexity index is 727. The molecule has 164 valence electrons. The van der Waals surface area contributed by atoms with Gasteiger partial charge in [0, 0.05) is 32.6 Å². The van der Waals surface area contributed by atoms with Gasteiger partial charge in [-0.3, -0.25) is 4.79 Å². The molecular formula is C21H29N3O6. The van der Waals surface area contributed by atoms with Crippen LogP contribution in [0.5, 0.6) is 0 Å². The first-order valence-electron chi connectivity index (χ1n) is 10.5. The van der Waals surface area contributed by atoms with E-state index in [0.717, 1.165) is 5.56 Å². The lowest BCUT2D eigenvalue weighted by atomic mass is 10.1. The number of benzene rings is 1. The van der Waals surface area contributed by atoms with Gasteiger partial charge in [0.1, 0.15) is 18.3 Å². The average Bonchev–Trinajstić information content (AvgIpc) is 3.30. The number of ether oxygens (including phenoxy) is 3. The largest absolute Gasteiger partial charge is 0.388 e. The van der Waals surface area contributed by atoms with Crippen molar-refractivity contribution in [1.82, 2.24) is 15.5 Å². The van der Waals surface area contributed by atoms with Gasteiger partial charge in [-0.05, 0) is 5.56 Å². The van der Waals surface area contributed by atoms with E-state index < -0.39 is 18.3 Å². The fourth-order valence-corrected chi connectivity index (χ4v) is 4.18. The van der Waals surface area contributed by atoms with E-state index in [1.165, 1.54) is 0 Å². The van der Waals surface area contributed by atoms with E-state index in [9.17, 15) is 14.7 Å². The highest BCUT2D eigenvalue weighted by atomic mass is 16.6. The van der Waals surface area contributed by atoms with Gasteiger partial charge in [-0.15, -0.1) is 0 Å². The van der Waals surface area contributed by atoms with Crippen LogP contribution in [0.3, 0.4) is 0 Å². The minimum atomic E-state index is -0.840. The lowest BCUT2D eigenvalue weighted by molar-refractivity contribution is -0.138. The zero-order chi connectivity index (χ0) is 20.9. The summed E-state index contributed by atoms with van der Waals surface area (Å²) in [5.74, 6) is 0.0473. The van der Waals surface area contributed by atoms with Gasteiger partial charge in [0.15, 0.2) is 0 Å². The summed E-state index contributed by atoms with van der Waals surface area (Å²) in [5, 5.41) is 16.1. The number of amides is 3. The monoisotopic (exact) mass is 419 g/mol. The van der Waals surface area contributed by atoms with E-state index >= 15 is 0 Å². The SMILES string of the molecule is O=C(NCc1ccccc1)NCC1OC2CC(CC(=O)N3CCOCC3)OC2C1O. The van der Waals surface area contributed by atoms with Crippen LogP contribution in [0.4, 0.5) is 4.79 Å². The van der Waals surface area contributed by atoms with E-state index in [0.29, 0.717) is 39.3 Å². The minimum absolute atomic E-state index is 0.0473. The van der Waals surface area contributed by atoms with Crippen molar-refractivity contribution >= 4 is 11.9 Å². The van der Waals surface area contributed by atoms with Crippen molar-refractivity contribution in [2.24, 2.45) is 0 Å². The summed E-state index contributed by atoms with van der Waals surface area (Å²) in [4.78, 5) is 26.2. The highest BCUT2D eigenvalue weighted by molar-refractivity contribution is 5.76. The fourth-order valence-electron chi connectivity index (χ4n) is 4.18. The molecule has 1 aromatic rings. The Labute approximate surface area is 175 Å². The summed E-state index contributed by atoms with van der Waals surface area (Å²) in [6.07, 6.45) is -1.50. The van der Waals surface area contributed by atoms with Gasteiger partial charge >= 0.3 is 6.03 Å². The highest BCUT2D eigenvalue weighted by Crippen LogP contribution is 2.35. The predicted molar refractivity (Wildman–Crippen MR) is 107 cm³/mol. The topological polar surface area (TPSA) is 109 Å². The number of hydrogen-bond acceptors (Lipinski definition) is 6. The Morgan fingerprint density at radius 3 is 2.60 bits per heavy atom.